The quantitative estimate of drug-likeness (QED) is 0.447. The number of hydrogen-bond donors (Lipinski definition) is 2. The molecular weight excluding hydrogens is 238 g/mol. The maximum Gasteiger partial charge on any atom is 0.306 e. The Balaban J connectivity index is 4.74. The summed E-state index contributed by atoms with van der Waals surface area (Å²) < 4.78 is 5.36. The lowest BCUT2D eigenvalue weighted by atomic mass is 9.91. The molecule has 2 N–H and O–H groups in total. The third-order valence-electron chi connectivity index (χ3n) is 2.38. The van der Waals surface area contributed by atoms with Crippen LogP contribution in [0.2, 0.25) is 0 Å². The molecule has 0 bridgehead atoms. The highest BCUT2D eigenvalue weighted by Crippen LogP contribution is 2.18. The third-order valence-corrected chi connectivity index (χ3v) is 2.38. The van der Waals surface area contributed by atoms with Crippen molar-refractivity contribution in [2.24, 2.45) is 0 Å². The van der Waals surface area contributed by atoms with Gasteiger partial charge in [-0.1, -0.05) is 0 Å². The van der Waals surface area contributed by atoms with E-state index in [0.29, 0.717) is 11.1 Å². The standard InChI is InChI=1S/C12H23NO5/c1-5-18-7-6-10(14)12(17,8-11(15)16)9-13(2,3)4/h17H,5-9H2,1-4H3/p+1. The minimum atomic E-state index is -1.83. The topological polar surface area (TPSA) is 83.8 Å². The van der Waals surface area contributed by atoms with Crippen molar-refractivity contribution in [3.63, 3.8) is 0 Å². The molecule has 0 aliphatic carbocycles. The first-order chi connectivity index (χ1) is 8.10. The van der Waals surface area contributed by atoms with Gasteiger partial charge >= 0.3 is 5.97 Å². The van der Waals surface area contributed by atoms with Gasteiger partial charge < -0.3 is 19.4 Å². The summed E-state index contributed by atoms with van der Waals surface area (Å²) in [5.74, 6) is -1.66. The lowest BCUT2D eigenvalue weighted by Crippen LogP contribution is -2.55. The molecule has 0 radical (unpaired) electrons. The molecule has 0 rings (SSSR count). The number of quaternary nitrogens is 1. The number of nitrogens with zero attached hydrogens (tertiary/aromatic N) is 1. The fourth-order valence-electron chi connectivity index (χ4n) is 1.82. The minimum absolute atomic E-state index is 0.0254. The average molecular weight is 262 g/mol. The Morgan fingerprint density at radius 2 is 1.83 bits per heavy atom. The van der Waals surface area contributed by atoms with Crippen LogP contribution in [0, 0.1) is 0 Å². The van der Waals surface area contributed by atoms with Gasteiger partial charge in [-0.05, 0) is 6.92 Å². The van der Waals surface area contributed by atoms with Crippen LogP contribution in [0.15, 0.2) is 0 Å². The molecule has 0 amide bonds. The molecule has 0 heterocycles. The first-order valence-corrected chi connectivity index (χ1v) is 5.96. The van der Waals surface area contributed by atoms with Gasteiger partial charge in [0.25, 0.3) is 0 Å². The van der Waals surface area contributed by atoms with Crippen molar-refractivity contribution in [1.29, 1.82) is 0 Å². The number of carboxylic acids is 1. The van der Waals surface area contributed by atoms with Crippen LogP contribution in [0.4, 0.5) is 0 Å². The van der Waals surface area contributed by atoms with Crippen LogP contribution in [0.1, 0.15) is 19.8 Å². The monoisotopic (exact) mass is 262 g/mol. The molecule has 106 valence electrons. The van der Waals surface area contributed by atoms with E-state index >= 15 is 0 Å². The van der Waals surface area contributed by atoms with E-state index in [4.69, 9.17) is 9.84 Å². The van der Waals surface area contributed by atoms with E-state index in [9.17, 15) is 14.7 Å². The molecule has 6 nitrogen and oxygen atoms in total. The van der Waals surface area contributed by atoms with Crippen molar-refractivity contribution >= 4 is 11.8 Å². The van der Waals surface area contributed by atoms with Crippen LogP contribution in [-0.4, -0.2) is 73.0 Å². The first kappa shape index (κ1) is 17.0. The number of ether oxygens (including phenoxy) is 1. The van der Waals surface area contributed by atoms with Gasteiger partial charge in [0.15, 0.2) is 11.4 Å². The van der Waals surface area contributed by atoms with Gasteiger partial charge in [0.05, 0.1) is 34.2 Å². The molecule has 0 aliphatic heterocycles. The van der Waals surface area contributed by atoms with E-state index in [2.05, 4.69) is 0 Å². The molecule has 1 unspecified atom stereocenters. The molecule has 0 spiro atoms. The zero-order valence-corrected chi connectivity index (χ0v) is 11.6. The second kappa shape index (κ2) is 6.82. The van der Waals surface area contributed by atoms with Crippen molar-refractivity contribution in [3.8, 4) is 0 Å². The van der Waals surface area contributed by atoms with Gasteiger partial charge in [-0.25, -0.2) is 0 Å². The smallest absolute Gasteiger partial charge is 0.306 e. The number of carbonyl (C=O) groups excluding carboxylic acids is 1. The first-order valence-electron chi connectivity index (χ1n) is 5.96. The fourth-order valence-corrected chi connectivity index (χ4v) is 1.82. The van der Waals surface area contributed by atoms with Crippen molar-refractivity contribution in [1.82, 2.24) is 0 Å². The van der Waals surface area contributed by atoms with Crippen LogP contribution in [0.3, 0.4) is 0 Å². The highest BCUT2D eigenvalue weighted by molar-refractivity contribution is 5.91. The van der Waals surface area contributed by atoms with Crippen molar-refractivity contribution in [2.75, 3.05) is 40.9 Å². The average Bonchev–Trinajstić information content (AvgIpc) is 2.13. The molecule has 0 aliphatic rings. The number of aliphatic hydroxyl groups is 1. The number of likely N-dealkylation sites (N-methyl/N-ethyl adjacent to an activating group) is 1. The summed E-state index contributed by atoms with van der Waals surface area (Å²) in [5.41, 5.74) is -1.83. The van der Waals surface area contributed by atoms with E-state index in [1.807, 2.05) is 0 Å². The molecule has 6 heteroatoms. The second-order valence-corrected chi connectivity index (χ2v) is 5.42. The number of Topliss-reactive ketones (excluding diaryl/α,β-unsaturated/α-hetero) is 1. The van der Waals surface area contributed by atoms with Crippen LogP contribution in [-0.2, 0) is 14.3 Å². The highest BCUT2D eigenvalue weighted by atomic mass is 16.5. The van der Waals surface area contributed by atoms with Gasteiger partial charge in [-0.2, -0.15) is 0 Å². The Hall–Kier alpha value is -0.980. The third kappa shape index (κ3) is 6.68. The Morgan fingerprint density at radius 1 is 1.28 bits per heavy atom. The molecule has 0 saturated heterocycles. The molecule has 0 aromatic carbocycles. The number of aliphatic carboxylic acids is 1. The molecule has 18 heavy (non-hydrogen) atoms. The summed E-state index contributed by atoms with van der Waals surface area (Å²) in [6.07, 6.45) is -0.550. The number of rotatable bonds is 9. The summed E-state index contributed by atoms with van der Waals surface area (Å²) in [7, 11) is 5.38. The maximum atomic E-state index is 11.9. The van der Waals surface area contributed by atoms with Crippen LogP contribution < -0.4 is 0 Å². The highest BCUT2D eigenvalue weighted by Gasteiger charge is 2.42. The van der Waals surface area contributed by atoms with Gasteiger partial charge in [-0.3, -0.25) is 9.59 Å². The molecule has 1 atom stereocenters. The zero-order chi connectivity index (χ0) is 14.4. The number of carboxylic acid groups (broad SMARTS) is 1. The summed E-state index contributed by atoms with van der Waals surface area (Å²) in [4.78, 5) is 22.7. The predicted molar refractivity (Wildman–Crippen MR) is 66.2 cm³/mol. The number of carbonyl (C=O) groups is 2. The van der Waals surface area contributed by atoms with Gasteiger partial charge in [0.1, 0.15) is 6.54 Å². The van der Waals surface area contributed by atoms with Crippen molar-refractivity contribution in [2.45, 2.75) is 25.4 Å². The van der Waals surface area contributed by atoms with E-state index < -0.39 is 23.8 Å². The summed E-state index contributed by atoms with van der Waals surface area (Å²) in [6.45, 7) is 2.55. The lowest BCUT2D eigenvalue weighted by Gasteiger charge is -2.33. The lowest BCUT2D eigenvalue weighted by molar-refractivity contribution is -0.875. The summed E-state index contributed by atoms with van der Waals surface area (Å²) in [6, 6.07) is 0. The zero-order valence-electron chi connectivity index (χ0n) is 11.6. The maximum absolute atomic E-state index is 11.9. The van der Waals surface area contributed by atoms with E-state index in [0.717, 1.165) is 0 Å². The SMILES string of the molecule is CCOCCC(=O)C(O)(CC(=O)O)C[N+](C)(C)C. The Kier molecular flexibility index (Phi) is 6.45. The van der Waals surface area contributed by atoms with Gasteiger partial charge in [0, 0.05) is 13.0 Å². The predicted octanol–water partition coefficient (Wildman–Crippen LogP) is -0.106. The molecular formula is C12H24NO5+. The van der Waals surface area contributed by atoms with Gasteiger partial charge in [-0.15, -0.1) is 0 Å². The molecule has 0 saturated carbocycles. The number of hydrogen-bond acceptors (Lipinski definition) is 4. The summed E-state index contributed by atoms with van der Waals surface area (Å²) in [5, 5.41) is 19.1. The van der Waals surface area contributed by atoms with E-state index in [-0.39, 0.29) is 19.6 Å². The number of ketones is 1. The Morgan fingerprint density at radius 3 is 2.22 bits per heavy atom. The normalized spacial score (nSPS) is 15.2. The molecule has 0 aromatic heterocycles. The van der Waals surface area contributed by atoms with Crippen molar-refractivity contribution < 1.29 is 29.0 Å². The van der Waals surface area contributed by atoms with Crippen LogP contribution in [0.25, 0.3) is 0 Å². The van der Waals surface area contributed by atoms with Crippen molar-refractivity contribution in [3.05, 3.63) is 0 Å². The minimum Gasteiger partial charge on any atom is -0.481 e. The molecule has 0 fully saturated rings. The molecule has 0 aromatic rings. The Bertz CT molecular complexity index is 297. The van der Waals surface area contributed by atoms with Crippen LogP contribution >= 0.6 is 0 Å². The largest absolute Gasteiger partial charge is 0.481 e. The van der Waals surface area contributed by atoms with E-state index in [1.165, 1.54) is 0 Å². The summed E-state index contributed by atoms with van der Waals surface area (Å²) >= 11 is 0. The fraction of sp³-hybridized carbons (Fsp3) is 0.833. The van der Waals surface area contributed by atoms with Gasteiger partial charge in [0.2, 0.25) is 0 Å². The van der Waals surface area contributed by atoms with E-state index in [1.54, 1.807) is 28.1 Å². The van der Waals surface area contributed by atoms with Crippen LogP contribution in [0.5, 0.6) is 0 Å². The second-order valence-electron chi connectivity index (χ2n) is 5.42. The Labute approximate surface area is 108 Å².